The molecule has 15 heteroatoms. The monoisotopic (exact) mass is 480 g/mol. The largest absolute Gasteiger partial charge is 0.465 e. The van der Waals surface area contributed by atoms with Crippen LogP contribution in [0.15, 0.2) is 39.1 Å². The number of benzene rings is 1. The lowest BCUT2D eigenvalue weighted by Gasteiger charge is -2.07. The second-order valence-corrected chi connectivity index (χ2v) is 8.21. The highest BCUT2D eigenvalue weighted by molar-refractivity contribution is 7.99. The number of rotatable bonds is 7. The van der Waals surface area contributed by atoms with E-state index in [9.17, 15) is 31.8 Å². The molecule has 1 heterocycles. The molecule has 1 saturated carbocycles. The van der Waals surface area contributed by atoms with Gasteiger partial charge in [0, 0.05) is 6.04 Å². The first kappa shape index (κ1) is 23.0. The van der Waals surface area contributed by atoms with Gasteiger partial charge in [-0.05, 0) is 25.0 Å². The van der Waals surface area contributed by atoms with Crippen LogP contribution in [0.1, 0.15) is 29.2 Å². The highest BCUT2D eigenvalue weighted by atomic mass is 32.2. The Morgan fingerprint density at radius 1 is 1.32 bits per heavy atom. The first-order chi connectivity index (χ1) is 14.6. The maximum atomic E-state index is 12.5. The van der Waals surface area contributed by atoms with E-state index < -0.39 is 40.7 Å². The average molecular weight is 480 g/mol. The molecule has 1 aliphatic rings. The molecular weight excluding hydrogens is 465 g/mol. The predicted molar refractivity (Wildman–Crippen MR) is 101 cm³/mol. The van der Waals surface area contributed by atoms with Crippen molar-refractivity contribution in [1.82, 2.24) is 19.8 Å². The van der Waals surface area contributed by atoms with E-state index in [1.54, 1.807) is 5.48 Å². The van der Waals surface area contributed by atoms with Gasteiger partial charge in [0.15, 0.2) is 5.16 Å². The summed E-state index contributed by atoms with van der Waals surface area (Å²) in [6, 6.07) is 3.99. The number of nitrogens with zero attached hydrogens (tertiary/aromatic N) is 3. The third-order valence-electron chi connectivity index (χ3n) is 3.92. The van der Waals surface area contributed by atoms with Crippen LogP contribution in [-0.4, -0.2) is 49.6 Å². The second kappa shape index (κ2) is 9.23. The van der Waals surface area contributed by atoms with Crippen LogP contribution in [0.25, 0.3) is 0 Å². The number of carbonyl (C=O) groups is 2. The smallest absolute Gasteiger partial charge is 0.398 e. The normalized spacial score (nSPS) is 14.8. The molecule has 1 atom stereocenters. The SMILES string of the molecule is COC(=O)c1ccccc1S(=O)ONC(=O)n1nc(SCC(F)(F)F)n(C2CC2)c1=O. The second-order valence-electron chi connectivity index (χ2n) is 6.19. The van der Waals surface area contributed by atoms with Gasteiger partial charge in [0.1, 0.15) is 0 Å². The number of hydrogen-bond acceptors (Lipinski definition) is 8. The fourth-order valence-electron chi connectivity index (χ4n) is 2.43. The molecule has 0 aliphatic heterocycles. The standard InChI is InChI=1S/C16H15F3N4O6S2/c1-28-12(24)10-4-2-3-5-11(10)31(27)29-21-13(25)23-15(26)22(9-6-7-9)14(20-23)30-8-16(17,18)19/h2-5,9H,6-8H2,1H3,(H,21,25). The van der Waals surface area contributed by atoms with E-state index in [2.05, 4.69) is 9.84 Å². The lowest BCUT2D eigenvalue weighted by atomic mass is 10.2. The lowest BCUT2D eigenvalue weighted by molar-refractivity contribution is -0.105. The first-order valence-electron chi connectivity index (χ1n) is 8.60. The zero-order valence-corrected chi connectivity index (χ0v) is 17.4. The molecule has 0 radical (unpaired) electrons. The van der Waals surface area contributed by atoms with Crippen LogP contribution in [0.4, 0.5) is 18.0 Å². The summed E-state index contributed by atoms with van der Waals surface area (Å²) in [6.45, 7) is 0. The third kappa shape index (κ3) is 5.54. The van der Waals surface area contributed by atoms with Crippen molar-refractivity contribution >= 4 is 34.8 Å². The molecule has 1 aliphatic carbocycles. The number of ether oxygens (including phenoxy) is 1. The quantitative estimate of drug-likeness (QED) is 0.363. The molecule has 1 fully saturated rings. The van der Waals surface area contributed by atoms with Gasteiger partial charge in [0.05, 0.1) is 23.3 Å². The number of amides is 1. The Balaban J connectivity index is 1.75. The summed E-state index contributed by atoms with van der Waals surface area (Å²) >= 11 is -2.09. The maximum Gasteiger partial charge on any atom is 0.398 e. The zero-order valence-electron chi connectivity index (χ0n) is 15.7. The number of aromatic nitrogens is 3. The van der Waals surface area contributed by atoms with E-state index in [0.29, 0.717) is 17.5 Å². The molecule has 1 aromatic carbocycles. The summed E-state index contributed by atoms with van der Waals surface area (Å²) in [4.78, 5) is 36.4. The zero-order chi connectivity index (χ0) is 22.8. The minimum absolute atomic E-state index is 0.0707. The van der Waals surface area contributed by atoms with Gasteiger partial charge in [0.25, 0.3) is 0 Å². The molecule has 0 spiro atoms. The molecule has 168 valence electrons. The van der Waals surface area contributed by atoms with E-state index in [1.165, 1.54) is 24.3 Å². The van der Waals surface area contributed by atoms with Crippen LogP contribution in [0.3, 0.4) is 0 Å². The first-order valence-corrected chi connectivity index (χ1v) is 10.7. The Kier molecular flexibility index (Phi) is 6.86. The fraction of sp³-hybridized carbons (Fsp3) is 0.375. The van der Waals surface area contributed by atoms with Crippen molar-refractivity contribution in [3.05, 3.63) is 40.3 Å². The lowest BCUT2D eigenvalue weighted by Crippen LogP contribution is -2.38. The predicted octanol–water partition coefficient (Wildman–Crippen LogP) is 2.03. The van der Waals surface area contributed by atoms with Gasteiger partial charge in [-0.15, -0.1) is 9.78 Å². The molecule has 3 rings (SSSR count). The summed E-state index contributed by atoms with van der Waals surface area (Å²) in [5.41, 5.74) is 0.738. The Labute approximate surface area is 179 Å². The molecule has 1 aromatic heterocycles. The minimum atomic E-state index is -4.49. The highest BCUT2D eigenvalue weighted by Gasteiger charge is 2.34. The number of alkyl halides is 3. The van der Waals surface area contributed by atoms with Crippen LogP contribution in [0.2, 0.25) is 0 Å². The van der Waals surface area contributed by atoms with Gasteiger partial charge in [-0.25, -0.2) is 18.6 Å². The summed E-state index contributed by atoms with van der Waals surface area (Å²) in [5.74, 6) is -2.08. The number of halogens is 3. The maximum absolute atomic E-state index is 12.5. The molecule has 2 aromatic rings. The molecule has 1 N–H and O–H groups in total. The summed E-state index contributed by atoms with van der Waals surface area (Å²) in [5, 5.41) is 3.38. The molecule has 0 saturated heterocycles. The topological polar surface area (TPSA) is 122 Å². The van der Waals surface area contributed by atoms with Crippen molar-refractivity contribution in [3.63, 3.8) is 0 Å². The number of nitrogens with one attached hydrogen (secondary N) is 1. The molecule has 1 unspecified atom stereocenters. The number of carbonyl (C=O) groups excluding carboxylic acids is 2. The van der Waals surface area contributed by atoms with E-state index in [-0.39, 0.29) is 33.4 Å². The van der Waals surface area contributed by atoms with Gasteiger partial charge in [-0.1, -0.05) is 23.9 Å². The minimum Gasteiger partial charge on any atom is -0.465 e. The molecular formula is C16H15F3N4O6S2. The van der Waals surface area contributed by atoms with Crippen LogP contribution >= 0.6 is 11.8 Å². The molecule has 31 heavy (non-hydrogen) atoms. The van der Waals surface area contributed by atoms with Crippen molar-refractivity contribution in [2.45, 2.75) is 35.1 Å². The summed E-state index contributed by atoms with van der Waals surface area (Å²) < 4.78 is 60.6. The van der Waals surface area contributed by atoms with Crippen molar-refractivity contribution in [1.29, 1.82) is 0 Å². The number of esters is 1. The number of hydrogen-bond donors (Lipinski definition) is 1. The van der Waals surface area contributed by atoms with E-state index in [1.807, 2.05) is 0 Å². The summed E-state index contributed by atoms with van der Waals surface area (Å²) in [7, 11) is 1.13. The van der Waals surface area contributed by atoms with Crippen molar-refractivity contribution in [2.75, 3.05) is 12.9 Å². The van der Waals surface area contributed by atoms with Crippen molar-refractivity contribution < 1.29 is 36.0 Å². The number of hydroxylamine groups is 1. The number of methoxy groups -OCH3 is 1. The van der Waals surface area contributed by atoms with Gasteiger partial charge in [-0.2, -0.15) is 22.9 Å². The fourth-order valence-corrected chi connectivity index (χ4v) is 3.99. The van der Waals surface area contributed by atoms with Gasteiger partial charge < -0.3 is 4.74 Å². The third-order valence-corrected chi connectivity index (χ3v) is 5.88. The number of thioether (sulfide) groups is 1. The van der Waals surface area contributed by atoms with Crippen LogP contribution in [-0.2, 0) is 20.1 Å². The molecule has 0 bridgehead atoms. The van der Waals surface area contributed by atoms with Gasteiger partial charge in [0.2, 0.25) is 11.1 Å². The van der Waals surface area contributed by atoms with Crippen molar-refractivity contribution in [2.24, 2.45) is 0 Å². The van der Waals surface area contributed by atoms with E-state index >= 15 is 0 Å². The Bertz CT molecular complexity index is 1080. The van der Waals surface area contributed by atoms with Gasteiger partial charge in [-0.3, -0.25) is 4.57 Å². The van der Waals surface area contributed by atoms with E-state index in [0.717, 1.165) is 11.7 Å². The van der Waals surface area contributed by atoms with Crippen LogP contribution in [0.5, 0.6) is 0 Å². The molecule has 1 amide bonds. The Morgan fingerprint density at radius 2 is 2.00 bits per heavy atom. The van der Waals surface area contributed by atoms with Crippen molar-refractivity contribution in [3.8, 4) is 0 Å². The average Bonchev–Trinajstić information content (AvgIpc) is 3.51. The molecule has 10 nitrogen and oxygen atoms in total. The highest BCUT2D eigenvalue weighted by Crippen LogP contribution is 2.37. The van der Waals surface area contributed by atoms with Crippen LogP contribution in [0, 0.1) is 0 Å². The van der Waals surface area contributed by atoms with Crippen LogP contribution < -0.4 is 11.2 Å². The Morgan fingerprint density at radius 3 is 2.61 bits per heavy atom. The Hall–Kier alpha value is -2.65. The van der Waals surface area contributed by atoms with E-state index in [4.69, 9.17) is 4.28 Å². The van der Waals surface area contributed by atoms with Gasteiger partial charge >= 0.3 is 23.9 Å². The summed E-state index contributed by atoms with van der Waals surface area (Å²) in [6.07, 6.45) is -3.36.